The Kier molecular flexibility index (Phi) is 4.27. The average Bonchev–Trinajstić information content (AvgIpc) is 3.16. The van der Waals surface area contributed by atoms with Gasteiger partial charge in [-0.25, -0.2) is 4.98 Å². The summed E-state index contributed by atoms with van der Waals surface area (Å²) in [7, 11) is 0. The van der Waals surface area contributed by atoms with E-state index in [-0.39, 0.29) is 22.7 Å². The van der Waals surface area contributed by atoms with Crippen molar-refractivity contribution in [1.29, 1.82) is 0 Å². The molecule has 7 heteroatoms. The maximum absolute atomic E-state index is 11.8. The van der Waals surface area contributed by atoms with E-state index in [9.17, 15) is 9.59 Å². The van der Waals surface area contributed by atoms with Crippen LogP contribution in [0.4, 0.5) is 5.82 Å². The number of amides is 1. The molecule has 1 aromatic heterocycles. The number of carbonyl (C=O) groups excluding carboxylic acids is 2. The number of halogens is 2. The number of rotatable bonds is 4. The van der Waals surface area contributed by atoms with E-state index < -0.39 is 12.0 Å². The fraction of sp³-hybridized carbons (Fsp3) is 0.417. The Labute approximate surface area is 120 Å². The van der Waals surface area contributed by atoms with Crippen molar-refractivity contribution in [1.82, 2.24) is 4.98 Å². The second-order valence-corrected chi connectivity index (χ2v) is 5.17. The molecule has 1 unspecified atom stereocenters. The molecule has 1 saturated carbocycles. The first-order chi connectivity index (χ1) is 8.97. The number of hydrogen-bond donors (Lipinski definition) is 1. The minimum Gasteiger partial charge on any atom is -0.452 e. The first kappa shape index (κ1) is 14.1. The number of pyridine rings is 1. The van der Waals surface area contributed by atoms with Crippen molar-refractivity contribution in [3.8, 4) is 0 Å². The number of aromatic nitrogens is 1. The second kappa shape index (κ2) is 5.75. The zero-order valence-corrected chi connectivity index (χ0v) is 11.7. The molecule has 0 aliphatic heterocycles. The molecule has 1 atom stereocenters. The molecule has 102 valence electrons. The maximum Gasteiger partial charge on any atom is 0.309 e. The minimum absolute atomic E-state index is 0.0486. The quantitative estimate of drug-likeness (QED) is 0.868. The SMILES string of the molecule is CC(OC(=O)C1CC1)C(=O)Nc1ncc(Cl)cc1Cl. The first-order valence-corrected chi connectivity index (χ1v) is 6.55. The Morgan fingerprint density at radius 2 is 2.16 bits per heavy atom. The lowest BCUT2D eigenvalue weighted by Crippen LogP contribution is -2.30. The summed E-state index contributed by atoms with van der Waals surface area (Å²) in [5.41, 5.74) is 0. The van der Waals surface area contributed by atoms with Crippen LogP contribution in [0.15, 0.2) is 12.3 Å². The molecule has 0 saturated heterocycles. The van der Waals surface area contributed by atoms with Gasteiger partial charge in [-0.15, -0.1) is 0 Å². The second-order valence-electron chi connectivity index (χ2n) is 4.33. The van der Waals surface area contributed by atoms with Crippen LogP contribution < -0.4 is 5.32 Å². The summed E-state index contributed by atoms with van der Waals surface area (Å²) in [6, 6.07) is 1.46. The van der Waals surface area contributed by atoms with Crippen molar-refractivity contribution in [3.63, 3.8) is 0 Å². The van der Waals surface area contributed by atoms with Gasteiger partial charge in [-0.05, 0) is 25.8 Å². The van der Waals surface area contributed by atoms with Crippen molar-refractivity contribution in [2.45, 2.75) is 25.9 Å². The minimum atomic E-state index is -0.887. The molecule has 19 heavy (non-hydrogen) atoms. The predicted octanol–water partition coefficient (Wildman–Crippen LogP) is 2.67. The monoisotopic (exact) mass is 302 g/mol. The number of anilines is 1. The van der Waals surface area contributed by atoms with Crippen LogP contribution in [0.1, 0.15) is 19.8 Å². The van der Waals surface area contributed by atoms with Gasteiger partial charge < -0.3 is 10.1 Å². The molecule has 0 radical (unpaired) electrons. The van der Waals surface area contributed by atoms with Crippen molar-refractivity contribution >= 4 is 40.9 Å². The summed E-state index contributed by atoms with van der Waals surface area (Å²) in [6.07, 6.45) is 2.14. The molecule has 1 aliphatic carbocycles. The van der Waals surface area contributed by atoms with E-state index >= 15 is 0 Å². The van der Waals surface area contributed by atoms with Crippen molar-refractivity contribution in [2.75, 3.05) is 5.32 Å². The van der Waals surface area contributed by atoms with E-state index in [1.165, 1.54) is 19.2 Å². The van der Waals surface area contributed by atoms with Crippen molar-refractivity contribution in [2.24, 2.45) is 5.92 Å². The zero-order valence-electron chi connectivity index (χ0n) is 10.2. The maximum atomic E-state index is 11.8. The Balaban J connectivity index is 1.93. The number of esters is 1. The van der Waals surface area contributed by atoms with Crippen molar-refractivity contribution in [3.05, 3.63) is 22.3 Å². The molecule has 1 N–H and O–H groups in total. The van der Waals surface area contributed by atoms with Gasteiger partial charge in [0.25, 0.3) is 5.91 Å². The number of hydrogen-bond acceptors (Lipinski definition) is 4. The Morgan fingerprint density at radius 3 is 2.74 bits per heavy atom. The lowest BCUT2D eigenvalue weighted by molar-refractivity contribution is -0.154. The summed E-state index contributed by atoms with van der Waals surface area (Å²) in [4.78, 5) is 27.1. The molecule has 0 bridgehead atoms. The predicted molar refractivity (Wildman–Crippen MR) is 71.2 cm³/mol. The van der Waals surface area contributed by atoms with Gasteiger partial charge in [0.1, 0.15) is 0 Å². The molecule has 1 fully saturated rings. The molecular weight excluding hydrogens is 291 g/mol. The zero-order chi connectivity index (χ0) is 14.0. The van der Waals surface area contributed by atoms with Gasteiger partial charge >= 0.3 is 5.97 Å². The highest BCUT2D eigenvalue weighted by atomic mass is 35.5. The number of nitrogens with one attached hydrogen (secondary N) is 1. The lowest BCUT2D eigenvalue weighted by Gasteiger charge is -2.13. The number of ether oxygens (including phenoxy) is 1. The molecule has 1 aromatic rings. The molecule has 2 rings (SSSR count). The molecule has 0 aromatic carbocycles. The fourth-order valence-electron chi connectivity index (χ4n) is 1.37. The first-order valence-electron chi connectivity index (χ1n) is 5.80. The molecule has 0 spiro atoms. The smallest absolute Gasteiger partial charge is 0.309 e. The standard InChI is InChI=1S/C12H12Cl2N2O3/c1-6(19-12(18)7-2-3-7)11(17)16-10-9(14)4-8(13)5-15-10/h4-7H,2-3H2,1H3,(H,15,16,17). The van der Waals surface area contributed by atoms with Crippen LogP contribution in [0.25, 0.3) is 0 Å². The van der Waals surface area contributed by atoms with Crippen molar-refractivity contribution < 1.29 is 14.3 Å². The van der Waals surface area contributed by atoms with Crippen LogP contribution in [0.2, 0.25) is 10.0 Å². The molecule has 5 nitrogen and oxygen atoms in total. The Hall–Kier alpha value is -1.33. The third-order valence-corrected chi connectivity index (χ3v) is 3.12. The average molecular weight is 303 g/mol. The van der Waals surface area contributed by atoms with Crippen LogP contribution in [0, 0.1) is 5.92 Å². The molecule has 1 amide bonds. The lowest BCUT2D eigenvalue weighted by atomic mass is 10.3. The summed E-state index contributed by atoms with van der Waals surface area (Å²) in [5.74, 6) is -0.679. The topological polar surface area (TPSA) is 68.3 Å². The molecule has 1 heterocycles. The number of nitrogens with zero attached hydrogens (tertiary/aromatic N) is 1. The van der Waals surface area contributed by atoms with Gasteiger partial charge in [0.2, 0.25) is 0 Å². The van der Waals surface area contributed by atoms with E-state index in [1.54, 1.807) is 0 Å². The summed E-state index contributed by atoms with van der Waals surface area (Å²) < 4.78 is 5.02. The van der Waals surface area contributed by atoms with E-state index in [4.69, 9.17) is 27.9 Å². The van der Waals surface area contributed by atoms with Gasteiger partial charge in [0, 0.05) is 6.20 Å². The van der Waals surface area contributed by atoms with E-state index in [1.807, 2.05) is 0 Å². The van der Waals surface area contributed by atoms with E-state index in [0.29, 0.717) is 5.02 Å². The Bertz CT molecular complexity index is 518. The highest BCUT2D eigenvalue weighted by Crippen LogP contribution is 2.30. The largest absolute Gasteiger partial charge is 0.452 e. The summed E-state index contributed by atoms with van der Waals surface area (Å²) >= 11 is 11.6. The van der Waals surface area contributed by atoms with Crippen LogP contribution in [0.3, 0.4) is 0 Å². The van der Waals surface area contributed by atoms with Crippen LogP contribution in [0.5, 0.6) is 0 Å². The summed E-state index contributed by atoms with van der Waals surface area (Å²) in [6.45, 7) is 1.50. The van der Waals surface area contributed by atoms with Gasteiger partial charge in [0.05, 0.1) is 16.0 Å². The highest BCUT2D eigenvalue weighted by molar-refractivity contribution is 6.36. The molecular formula is C12H12Cl2N2O3. The van der Waals surface area contributed by atoms with Gasteiger partial charge in [-0.1, -0.05) is 23.2 Å². The summed E-state index contributed by atoms with van der Waals surface area (Å²) in [5, 5.41) is 3.08. The van der Waals surface area contributed by atoms with Gasteiger partial charge in [-0.2, -0.15) is 0 Å². The van der Waals surface area contributed by atoms with Gasteiger partial charge in [0.15, 0.2) is 11.9 Å². The van der Waals surface area contributed by atoms with E-state index in [0.717, 1.165) is 12.8 Å². The normalized spacial score (nSPS) is 15.7. The fourth-order valence-corrected chi connectivity index (χ4v) is 1.80. The van der Waals surface area contributed by atoms with Crippen LogP contribution >= 0.6 is 23.2 Å². The van der Waals surface area contributed by atoms with Crippen LogP contribution in [-0.2, 0) is 14.3 Å². The highest BCUT2D eigenvalue weighted by Gasteiger charge is 2.33. The Morgan fingerprint density at radius 1 is 1.47 bits per heavy atom. The third kappa shape index (κ3) is 3.81. The van der Waals surface area contributed by atoms with E-state index in [2.05, 4.69) is 10.3 Å². The van der Waals surface area contributed by atoms with Gasteiger partial charge in [-0.3, -0.25) is 9.59 Å². The number of carbonyl (C=O) groups is 2. The molecule has 1 aliphatic rings. The van der Waals surface area contributed by atoms with Crippen LogP contribution in [-0.4, -0.2) is 23.0 Å². The third-order valence-electron chi connectivity index (χ3n) is 2.62.